The second-order valence-corrected chi connectivity index (χ2v) is 9.87. The average molecular weight is 442 g/mol. The van der Waals surface area contributed by atoms with Crippen molar-refractivity contribution in [2.24, 2.45) is 0 Å². The maximum absolute atomic E-state index is 5.66. The highest BCUT2D eigenvalue weighted by atomic mass is 32.2. The molecule has 32 heavy (non-hydrogen) atoms. The molecule has 3 aromatic carbocycles. The van der Waals surface area contributed by atoms with E-state index in [-0.39, 0.29) is 12.0 Å². The van der Waals surface area contributed by atoms with Crippen molar-refractivity contribution in [3.63, 3.8) is 0 Å². The summed E-state index contributed by atoms with van der Waals surface area (Å²) in [6, 6.07) is 17.5. The molecule has 4 heteroatoms. The Bertz CT molecular complexity index is 1280. The van der Waals surface area contributed by atoms with Crippen molar-refractivity contribution in [2.45, 2.75) is 0 Å². The molecular weight excluding hydrogens is 422 g/mol. The van der Waals surface area contributed by atoms with Crippen LogP contribution in [0.5, 0.6) is 0 Å². The zero-order valence-electron chi connectivity index (χ0n) is 18.1. The van der Waals surface area contributed by atoms with Gasteiger partial charge in [0.15, 0.2) is 0 Å². The van der Waals surface area contributed by atoms with Crippen LogP contribution in [0, 0.1) is 24.7 Å². The van der Waals surface area contributed by atoms with Gasteiger partial charge in [-0.05, 0) is 59.0 Å². The van der Waals surface area contributed by atoms with E-state index < -0.39 is 0 Å². The highest BCUT2D eigenvalue weighted by Gasteiger charge is 2.30. The Labute approximate surface area is 199 Å². The number of rotatable bonds is 2. The van der Waals surface area contributed by atoms with Gasteiger partial charge in [0, 0.05) is 11.1 Å². The molecule has 0 saturated carbocycles. The lowest BCUT2D eigenvalue weighted by atomic mass is 9.55. The van der Waals surface area contributed by atoms with E-state index in [1.54, 1.807) is 0 Å². The second-order valence-electron chi connectivity index (χ2n) is 7.98. The van der Waals surface area contributed by atoms with Gasteiger partial charge in [-0.15, -0.1) is 12.8 Å². The SMILES string of the molecule is C#Cc1ccc2c(c1)C=Cc1cc3c(cc1B2SC)C=Cc1cc(C#C)ccc1B3SC. The van der Waals surface area contributed by atoms with E-state index in [1.807, 2.05) is 35.4 Å². The largest absolute Gasteiger partial charge is 0.275 e. The molecular formula is C28H20B2S2. The van der Waals surface area contributed by atoms with E-state index in [1.165, 1.54) is 44.1 Å². The monoisotopic (exact) mass is 442 g/mol. The van der Waals surface area contributed by atoms with E-state index in [0.717, 1.165) is 11.1 Å². The lowest BCUT2D eigenvalue weighted by molar-refractivity contribution is 1.66. The van der Waals surface area contributed by atoms with Gasteiger partial charge < -0.3 is 0 Å². The van der Waals surface area contributed by atoms with Crippen LogP contribution in [0.4, 0.5) is 0 Å². The van der Waals surface area contributed by atoms with E-state index >= 15 is 0 Å². The van der Waals surface area contributed by atoms with Crippen LogP contribution in [0.3, 0.4) is 0 Å². The van der Waals surface area contributed by atoms with Gasteiger partial charge in [-0.3, -0.25) is 0 Å². The van der Waals surface area contributed by atoms with Crippen molar-refractivity contribution in [1.29, 1.82) is 0 Å². The maximum atomic E-state index is 5.66. The van der Waals surface area contributed by atoms with Crippen molar-refractivity contribution in [3.8, 4) is 24.7 Å². The summed E-state index contributed by atoms with van der Waals surface area (Å²) in [5.41, 5.74) is 12.1. The van der Waals surface area contributed by atoms with Gasteiger partial charge in [0.05, 0.1) is 0 Å². The smallest absolute Gasteiger partial charge is 0.200 e. The third kappa shape index (κ3) is 3.45. The first-order valence-corrected chi connectivity index (χ1v) is 13.0. The molecule has 2 heterocycles. The molecule has 150 valence electrons. The Morgan fingerprint density at radius 3 is 1.28 bits per heavy atom. The normalized spacial score (nSPS) is 13.1. The summed E-state index contributed by atoms with van der Waals surface area (Å²) in [5.74, 6) is 6.05. The molecule has 0 nitrogen and oxygen atoms in total. The lowest BCUT2D eigenvalue weighted by Gasteiger charge is -2.20. The van der Waals surface area contributed by atoms with Gasteiger partial charge in [0.1, 0.15) is 0 Å². The van der Waals surface area contributed by atoms with Gasteiger partial charge in [-0.25, -0.2) is 23.2 Å². The number of hydrogen-bond donors (Lipinski definition) is 0. The number of terminal acetylenes is 2. The maximum Gasteiger partial charge on any atom is 0.275 e. The summed E-state index contributed by atoms with van der Waals surface area (Å²) in [7, 11) is 0. The van der Waals surface area contributed by atoms with Crippen LogP contribution >= 0.6 is 23.2 Å². The Morgan fingerprint density at radius 2 is 0.938 bits per heavy atom. The third-order valence-corrected chi connectivity index (χ3v) is 8.24. The van der Waals surface area contributed by atoms with Crippen molar-refractivity contribution >= 4 is 81.4 Å². The molecule has 0 spiro atoms. The van der Waals surface area contributed by atoms with Crippen LogP contribution in [0.1, 0.15) is 33.4 Å². The molecule has 0 aliphatic carbocycles. The highest BCUT2D eigenvalue weighted by Crippen LogP contribution is 2.22. The number of hydrogen-bond acceptors (Lipinski definition) is 2. The molecule has 5 rings (SSSR count). The van der Waals surface area contributed by atoms with E-state index in [4.69, 9.17) is 12.8 Å². The van der Waals surface area contributed by atoms with E-state index in [9.17, 15) is 0 Å². The van der Waals surface area contributed by atoms with Crippen molar-refractivity contribution in [1.82, 2.24) is 0 Å². The highest BCUT2D eigenvalue weighted by molar-refractivity contribution is 8.28. The van der Waals surface area contributed by atoms with Crippen LogP contribution in [0.25, 0.3) is 24.3 Å². The zero-order chi connectivity index (χ0) is 22.2. The molecule has 0 fully saturated rings. The fourth-order valence-electron chi connectivity index (χ4n) is 4.71. The molecule has 3 aromatic rings. The number of benzene rings is 3. The Morgan fingerprint density at radius 1 is 0.562 bits per heavy atom. The van der Waals surface area contributed by atoms with Crippen LogP contribution < -0.4 is 21.9 Å². The first-order chi connectivity index (χ1) is 15.7. The van der Waals surface area contributed by atoms with Gasteiger partial charge in [0.2, 0.25) is 0 Å². The molecule has 0 aromatic heterocycles. The van der Waals surface area contributed by atoms with E-state index in [0.29, 0.717) is 0 Å². The predicted molar refractivity (Wildman–Crippen MR) is 150 cm³/mol. The van der Waals surface area contributed by atoms with Crippen LogP contribution in [-0.4, -0.2) is 24.5 Å². The Hall–Kier alpha value is -2.91. The summed E-state index contributed by atoms with van der Waals surface area (Å²) >= 11 is 3.74. The standard InChI is InChI=1S/C28H20B2S2/c1-5-19-7-13-25-21(15-19)9-11-23-17-28-24(18-27(23)29(25)31-3)12-10-22-16-20(6-2)8-14-26(22)30(28)32-4/h1-2,7-18H,3-4H3. The molecule has 2 aliphatic heterocycles. The molecule has 0 N–H and O–H groups in total. The van der Waals surface area contributed by atoms with Crippen molar-refractivity contribution in [3.05, 3.63) is 81.9 Å². The minimum Gasteiger partial charge on any atom is -0.200 e. The first-order valence-electron chi connectivity index (χ1n) is 10.5. The molecule has 0 radical (unpaired) electrons. The molecule has 0 saturated heterocycles. The molecule has 0 bridgehead atoms. The van der Waals surface area contributed by atoms with Crippen LogP contribution in [0.2, 0.25) is 0 Å². The van der Waals surface area contributed by atoms with Gasteiger partial charge >= 0.3 is 0 Å². The van der Waals surface area contributed by atoms with Crippen molar-refractivity contribution < 1.29 is 0 Å². The second kappa shape index (κ2) is 8.55. The first kappa shape index (κ1) is 21.0. The predicted octanol–water partition coefficient (Wildman–Crippen LogP) is 3.55. The van der Waals surface area contributed by atoms with E-state index in [2.05, 4.69) is 85.1 Å². The van der Waals surface area contributed by atoms with Crippen LogP contribution in [-0.2, 0) is 0 Å². The van der Waals surface area contributed by atoms with Gasteiger partial charge in [-0.2, -0.15) is 0 Å². The summed E-state index contributed by atoms with van der Waals surface area (Å²) in [6.45, 7) is 0. The van der Waals surface area contributed by atoms with Gasteiger partial charge in [-0.1, -0.05) is 82.3 Å². The van der Waals surface area contributed by atoms with Crippen molar-refractivity contribution in [2.75, 3.05) is 12.5 Å². The minimum absolute atomic E-state index is 0.256. The Kier molecular flexibility index (Phi) is 5.60. The third-order valence-electron chi connectivity index (χ3n) is 6.28. The summed E-state index contributed by atoms with van der Waals surface area (Å²) in [6.07, 6.45) is 24.6. The summed E-state index contributed by atoms with van der Waals surface area (Å²) in [4.78, 5) is 0. The summed E-state index contributed by atoms with van der Waals surface area (Å²) in [5, 5.41) is 0. The molecule has 0 amide bonds. The fourth-order valence-corrected chi connectivity index (χ4v) is 6.56. The fraction of sp³-hybridized carbons (Fsp3) is 0.0714. The minimum atomic E-state index is 0.256. The Balaban J connectivity index is 1.70. The molecule has 0 atom stereocenters. The topological polar surface area (TPSA) is 0 Å². The average Bonchev–Trinajstić information content (AvgIpc) is 3.08. The lowest BCUT2D eigenvalue weighted by Crippen LogP contribution is -2.45. The quantitative estimate of drug-likeness (QED) is 0.440. The molecule has 0 unspecified atom stereocenters. The van der Waals surface area contributed by atoms with Crippen LogP contribution in [0.15, 0.2) is 48.5 Å². The zero-order valence-corrected chi connectivity index (χ0v) is 19.7. The number of fused-ring (bicyclic) bond motifs is 4. The molecule has 2 aliphatic rings. The van der Waals surface area contributed by atoms with Gasteiger partial charge in [0.25, 0.3) is 12.0 Å². The summed E-state index contributed by atoms with van der Waals surface area (Å²) < 4.78 is 0.